The minimum atomic E-state index is 0.231. The monoisotopic (exact) mass is 200 g/mol. The Bertz CT molecular complexity index is 185. The van der Waals surface area contributed by atoms with Crippen LogP contribution >= 0.6 is 0 Å². The van der Waals surface area contributed by atoms with Crippen LogP contribution in [-0.2, 0) is 9.53 Å². The predicted molar refractivity (Wildman–Crippen MR) is 54.9 cm³/mol. The number of unbranched alkanes of at least 4 members (excludes halogenated alkanes) is 1. The molecule has 4 nitrogen and oxygen atoms in total. The first kappa shape index (κ1) is 11.5. The van der Waals surface area contributed by atoms with E-state index in [9.17, 15) is 4.79 Å². The number of nitrogens with two attached hydrogens (primary N) is 1. The third-order valence-corrected chi connectivity index (χ3v) is 2.53. The van der Waals surface area contributed by atoms with Crippen molar-refractivity contribution in [2.24, 2.45) is 5.73 Å². The van der Waals surface area contributed by atoms with Crippen LogP contribution in [-0.4, -0.2) is 43.2 Å². The Morgan fingerprint density at radius 3 is 3.00 bits per heavy atom. The molecular formula is C10H20N2O2. The predicted octanol–water partition coefficient (Wildman–Crippen LogP) is 0.363. The Morgan fingerprint density at radius 1 is 1.57 bits per heavy atom. The van der Waals surface area contributed by atoms with Gasteiger partial charge in [0.05, 0.1) is 19.3 Å². The molecule has 0 aromatic carbocycles. The lowest BCUT2D eigenvalue weighted by molar-refractivity contribution is -0.139. The number of carbonyl (C=O) groups excluding carboxylic acids is 1. The quantitative estimate of drug-likeness (QED) is 0.667. The Labute approximate surface area is 85.4 Å². The highest BCUT2D eigenvalue weighted by Crippen LogP contribution is 2.09. The highest BCUT2D eigenvalue weighted by molar-refractivity contribution is 5.76. The number of morpholine rings is 1. The molecule has 1 aliphatic heterocycles. The summed E-state index contributed by atoms with van der Waals surface area (Å²) in [5.74, 6) is 0.245. The number of rotatable bonds is 4. The molecule has 1 fully saturated rings. The van der Waals surface area contributed by atoms with Crippen molar-refractivity contribution in [3.8, 4) is 0 Å². The third kappa shape index (κ3) is 3.27. The van der Waals surface area contributed by atoms with E-state index in [0.717, 1.165) is 19.4 Å². The topological polar surface area (TPSA) is 55.6 Å². The second kappa shape index (κ2) is 5.98. The molecule has 1 saturated heterocycles. The minimum absolute atomic E-state index is 0.231. The van der Waals surface area contributed by atoms with Gasteiger partial charge in [0.25, 0.3) is 0 Å². The molecule has 1 unspecified atom stereocenters. The largest absolute Gasteiger partial charge is 0.377 e. The first-order valence-electron chi connectivity index (χ1n) is 5.33. The van der Waals surface area contributed by atoms with Crippen LogP contribution in [0.1, 0.15) is 26.2 Å². The number of hydrogen-bond acceptors (Lipinski definition) is 3. The summed E-state index contributed by atoms with van der Waals surface area (Å²) in [5, 5.41) is 0. The molecule has 0 saturated carbocycles. The summed E-state index contributed by atoms with van der Waals surface area (Å²) in [7, 11) is 0. The summed E-state index contributed by atoms with van der Waals surface area (Å²) in [6, 6.07) is 0.231. The molecule has 0 aromatic rings. The van der Waals surface area contributed by atoms with Gasteiger partial charge in [-0.3, -0.25) is 4.79 Å². The van der Waals surface area contributed by atoms with Crippen LogP contribution in [0.4, 0.5) is 0 Å². The van der Waals surface area contributed by atoms with Gasteiger partial charge in [0.1, 0.15) is 0 Å². The van der Waals surface area contributed by atoms with Crippen LogP contribution in [0.2, 0.25) is 0 Å². The molecule has 1 heterocycles. The van der Waals surface area contributed by atoms with Crippen LogP contribution < -0.4 is 5.73 Å². The summed E-state index contributed by atoms with van der Waals surface area (Å²) < 4.78 is 5.27. The maximum absolute atomic E-state index is 11.7. The van der Waals surface area contributed by atoms with Crippen LogP contribution in [0.25, 0.3) is 0 Å². The number of ether oxygens (including phenoxy) is 1. The first-order chi connectivity index (χ1) is 6.75. The van der Waals surface area contributed by atoms with Crippen molar-refractivity contribution in [2.75, 3.05) is 26.3 Å². The SMILES string of the molecule is CC1COCCN1C(=O)CCCCN. The Hall–Kier alpha value is -0.610. The highest BCUT2D eigenvalue weighted by atomic mass is 16.5. The molecular weight excluding hydrogens is 180 g/mol. The zero-order valence-electron chi connectivity index (χ0n) is 8.87. The minimum Gasteiger partial charge on any atom is -0.377 e. The van der Waals surface area contributed by atoms with Crippen molar-refractivity contribution in [1.29, 1.82) is 0 Å². The van der Waals surface area contributed by atoms with Gasteiger partial charge in [-0.25, -0.2) is 0 Å². The summed E-state index contributed by atoms with van der Waals surface area (Å²) in [4.78, 5) is 13.6. The number of amides is 1. The van der Waals surface area contributed by atoms with Crippen molar-refractivity contribution < 1.29 is 9.53 Å². The molecule has 4 heteroatoms. The van der Waals surface area contributed by atoms with Gasteiger partial charge in [-0.05, 0) is 26.3 Å². The van der Waals surface area contributed by atoms with Crippen molar-refractivity contribution in [2.45, 2.75) is 32.2 Å². The number of carbonyl (C=O) groups is 1. The van der Waals surface area contributed by atoms with Crippen LogP contribution in [0.3, 0.4) is 0 Å². The van der Waals surface area contributed by atoms with E-state index < -0.39 is 0 Å². The summed E-state index contributed by atoms with van der Waals surface area (Å²) in [6.45, 7) is 4.78. The van der Waals surface area contributed by atoms with Gasteiger partial charge in [-0.2, -0.15) is 0 Å². The second-order valence-electron chi connectivity index (χ2n) is 3.76. The fraction of sp³-hybridized carbons (Fsp3) is 0.900. The molecule has 1 atom stereocenters. The van der Waals surface area contributed by atoms with Crippen molar-refractivity contribution in [3.63, 3.8) is 0 Å². The van der Waals surface area contributed by atoms with Crippen LogP contribution in [0.5, 0.6) is 0 Å². The lowest BCUT2D eigenvalue weighted by Crippen LogP contribution is -2.47. The molecule has 0 aromatic heterocycles. The maximum atomic E-state index is 11.7. The van der Waals surface area contributed by atoms with Crippen LogP contribution in [0.15, 0.2) is 0 Å². The normalized spacial score (nSPS) is 22.4. The Kier molecular flexibility index (Phi) is 4.90. The van der Waals surface area contributed by atoms with E-state index in [1.54, 1.807) is 0 Å². The molecule has 1 rings (SSSR count). The number of nitrogens with zero attached hydrogens (tertiary/aromatic N) is 1. The second-order valence-corrected chi connectivity index (χ2v) is 3.76. The molecule has 0 spiro atoms. The fourth-order valence-electron chi connectivity index (χ4n) is 1.66. The van der Waals surface area contributed by atoms with E-state index in [1.165, 1.54) is 0 Å². The van der Waals surface area contributed by atoms with Crippen LogP contribution in [0, 0.1) is 0 Å². The summed E-state index contributed by atoms with van der Waals surface area (Å²) in [5.41, 5.74) is 5.38. The summed E-state index contributed by atoms with van der Waals surface area (Å²) >= 11 is 0. The lowest BCUT2D eigenvalue weighted by atomic mass is 10.2. The van der Waals surface area contributed by atoms with E-state index in [1.807, 2.05) is 11.8 Å². The van der Waals surface area contributed by atoms with Gasteiger partial charge in [0.15, 0.2) is 0 Å². The maximum Gasteiger partial charge on any atom is 0.222 e. The van der Waals surface area contributed by atoms with Crippen molar-refractivity contribution in [1.82, 2.24) is 4.90 Å². The Morgan fingerprint density at radius 2 is 2.36 bits per heavy atom. The van der Waals surface area contributed by atoms with E-state index in [2.05, 4.69) is 0 Å². The van der Waals surface area contributed by atoms with E-state index >= 15 is 0 Å². The fourth-order valence-corrected chi connectivity index (χ4v) is 1.66. The van der Waals surface area contributed by atoms with E-state index in [-0.39, 0.29) is 11.9 Å². The lowest BCUT2D eigenvalue weighted by Gasteiger charge is -2.33. The average Bonchev–Trinajstić information content (AvgIpc) is 2.18. The zero-order valence-corrected chi connectivity index (χ0v) is 8.87. The van der Waals surface area contributed by atoms with Gasteiger partial charge in [-0.1, -0.05) is 0 Å². The molecule has 82 valence electrons. The van der Waals surface area contributed by atoms with Gasteiger partial charge < -0.3 is 15.4 Å². The standard InChI is InChI=1S/C10H20N2O2/c1-9-8-14-7-6-12(9)10(13)4-2-3-5-11/h9H,2-8,11H2,1H3. The molecule has 0 bridgehead atoms. The zero-order chi connectivity index (χ0) is 10.4. The average molecular weight is 200 g/mol. The van der Waals surface area contributed by atoms with Gasteiger partial charge in [-0.15, -0.1) is 0 Å². The Balaban J connectivity index is 2.27. The molecule has 2 N–H and O–H groups in total. The third-order valence-electron chi connectivity index (χ3n) is 2.53. The summed E-state index contributed by atoms with van der Waals surface area (Å²) in [6.07, 6.45) is 2.46. The van der Waals surface area contributed by atoms with E-state index in [4.69, 9.17) is 10.5 Å². The smallest absolute Gasteiger partial charge is 0.222 e. The van der Waals surface area contributed by atoms with Crippen molar-refractivity contribution in [3.05, 3.63) is 0 Å². The van der Waals surface area contributed by atoms with Gasteiger partial charge in [0.2, 0.25) is 5.91 Å². The molecule has 1 aliphatic rings. The molecule has 1 amide bonds. The van der Waals surface area contributed by atoms with Gasteiger partial charge >= 0.3 is 0 Å². The molecule has 14 heavy (non-hydrogen) atoms. The van der Waals surface area contributed by atoms with Crippen molar-refractivity contribution >= 4 is 5.91 Å². The van der Waals surface area contributed by atoms with E-state index in [0.29, 0.717) is 26.2 Å². The first-order valence-corrected chi connectivity index (χ1v) is 5.33. The number of hydrogen-bond donors (Lipinski definition) is 1. The molecule has 0 aliphatic carbocycles. The van der Waals surface area contributed by atoms with Gasteiger partial charge in [0, 0.05) is 13.0 Å². The molecule has 0 radical (unpaired) electrons. The highest BCUT2D eigenvalue weighted by Gasteiger charge is 2.22.